The molecule has 0 aliphatic rings. The van der Waals surface area contributed by atoms with Crippen LogP contribution in [0.5, 0.6) is 0 Å². The topological polar surface area (TPSA) is 9.23 Å². The van der Waals surface area contributed by atoms with E-state index in [-0.39, 0.29) is 0 Å². The molecule has 2 radical (unpaired) electrons. The summed E-state index contributed by atoms with van der Waals surface area (Å²) in [5.41, 5.74) is 0.990. The van der Waals surface area contributed by atoms with Crippen LogP contribution in [0.1, 0.15) is 12.5 Å². The van der Waals surface area contributed by atoms with Gasteiger partial charge in [0.25, 0.3) is 0 Å². The molecule has 0 aliphatic carbocycles. The maximum atomic E-state index is 4.97. The Morgan fingerprint density at radius 2 is 2.00 bits per heavy atom. The summed E-state index contributed by atoms with van der Waals surface area (Å²) in [5, 5.41) is 0. The Kier molecular flexibility index (Phi) is 2.97. The van der Waals surface area contributed by atoms with E-state index in [9.17, 15) is 0 Å². The molecule has 0 aliphatic heterocycles. The standard InChI is InChI=1S/C9H10O/c1-2-10-8-9-6-4-3-5-7-9/h3-7H,2H2,1H3. The first kappa shape index (κ1) is 7.29. The van der Waals surface area contributed by atoms with Crippen LogP contribution < -0.4 is 0 Å². The quantitative estimate of drug-likeness (QED) is 0.615. The van der Waals surface area contributed by atoms with Crippen LogP contribution in [0.15, 0.2) is 30.3 Å². The molecular formula is C9H10O. The van der Waals surface area contributed by atoms with Crippen molar-refractivity contribution in [3.8, 4) is 0 Å². The third-order valence-corrected chi connectivity index (χ3v) is 1.11. The highest BCUT2D eigenvalue weighted by Crippen LogP contribution is 2.01. The monoisotopic (exact) mass is 134 g/mol. The van der Waals surface area contributed by atoms with Crippen molar-refractivity contribution in [1.82, 2.24) is 0 Å². The first-order valence-corrected chi connectivity index (χ1v) is 3.36. The molecule has 1 aromatic rings. The fraction of sp³-hybridized carbons (Fsp3) is 0.222. The largest absolute Gasteiger partial charge is 0.363 e. The molecule has 10 heavy (non-hydrogen) atoms. The van der Waals surface area contributed by atoms with Crippen molar-refractivity contribution in [2.45, 2.75) is 6.92 Å². The summed E-state index contributed by atoms with van der Waals surface area (Å²) < 4.78 is 4.97. The number of benzene rings is 1. The van der Waals surface area contributed by atoms with E-state index < -0.39 is 0 Å². The van der Waals surface area contributed by atoms with Crippen molar-refractivity contribution in [1.29, 1.82) is 0 Å². The van der Waals surface area contributed by atoms with Gasteiger partial charge in [-0.3, -0.25) is 0 Å². The molecule has 0 amide bonds. The lowest BCUT2D eigenvalue weighted by atomic mass is 10.2. The molecule has 0 unspecified atom stereocenters. The van der Waals surface area contributed by atoms with Crippen molar-refractivity contribution in [3.63, 3.8) is 0 Å². The van der Waals surface area contributed by atoms with E-state index in [0.717, 1.165) is 5.56 Å². The van der Waals surface area contributed by atoms with Crippen LogP contribution in [0, 0.1) is 6.61 Å². The fourth-order valence-electron chi connectivity index (χ4n) is 0.662. The van der Waals surface area contributed by atoms with Crippen LogP contribution in [-0.4, -0.2) is 6.61 Å². The first-order valence-electron chi connectivity index (χ1n) is 3.36. The lowest BCUT2D eigenvalue weighted by molar-refractivity contribution is 0.230. The summed E-state index contributed by atoms with van der Waals surface area (Å²) in [6, 6.07) is 9.80. The second-order valence-corrected chi connectivity index (χ2v) is 1.90. The van der Waals surface area contributed by atoms with Gasteiger partial charge in [0.1, 0.15) is 0 Å². The number of hydrogen-bond donors (Lipinski definition) is 0. The third kappa shape index (κ3) is 2.19. The molecule has 0 saturated carbocycles. The average Bonchev–Trinajstić information content (AvgIpc) is 2.03. The molecule has 0 fully saturated rings. The molecule has 0 bridgehead atoms. The molecule has 52 valence electrons. The zero-order valence-corrected chi connectivity index (χ0v) is 6.00. The molecular weight excluding hydrogens is 124 g/mol. The zero-order chi connectivity index (χ0) is 7.23. The van der Waals surface area contributed by atoms with Gasteiger partial charge in [0.2, 0.25) is 0 Å². The minimum absolute atomic E-state index is 0.675. The highest BCUT2D eigenvalue weighted by Gasteiger charge is 1.89. The Balaban J connectivity index is 2.43. The van der Waals surface area contributed by atoms with Crippen LogP contribution in [0.25, 0.3) is 0 Å². The maximum Gasteiger partial charge on any atom is 0.166 e. The molecule has 1 heteroatoms. The van der Waals surface area contributed by atoms with E-state index in [2.05, 4.69) is 6.61 Å². The minimum Gasteiger partial charge on any atom is -0.363 e. The second-order valence-electron chi connectivity index (χ2n) is 1.90. The number of ether oxygens (including phenoxy) is 1. The molecule has 0 aromatic heterocycles. The summed E-state index contributed by atoms with van der Waals surface area (Å²) >= 11 is 0. The molecule has 1 nitrogen and oxygen atoms in total. The van der Waals surface area contributed by atoms with Crippen LogP contribution in [0.2, 0.25) is 0 Å². The number of rotatable bonds is 3. The summed E-state index contributed by atoms with van der Waals surface area (Å²) in [6.45, 7) is 5.41. The van der Waals surface area contributed by atoms with Gasteiger partial charge in [-0.15, -0.1) is 0 Å². The highest BCUT2D eigenvalue weighted by atomic mass is 16.5. The van der Waals surface area contributed by atoms with E-state index in [1.807, 2.05) is 37.3 Å². The van der Waals surface area contributed by atoms with Crippen molar-refractivity contribution < 1.29 is 4.74 Å². The molecule has 0 N–H and O–H groups in total. The van der Waals surface area contributed by atoms with Crippen LogP contribution in [0.4, 0.5) is 0 Å². The summed E-state index contributed by atoms with van der Waals surface area (Å²) in [5.74, 6) is 0. The number of hydrogen-bond acceptors (Lipinski definition) is 1. The third-order valence-electron chi connectivity index (χ3n) is 1.11. The van der Waals surface area contributed by atoms with Gasteiger partial charge in [0.05, 0.1) is 0 Å². The lowest BCUT2D eigenvalue weighted by Crippen LogP contribution is -1.86. The van der Waals surface area contributed by atoms with E-state index in [0.29, 0.717) is 6.61 Å². The summed E-state index contributed by atoms with van der Waals surface area (Å²) in [4.78, 5) is 0. The van der Waals surface area contributed by atoms with Crippen molar-refractivity contribution >= 4 is 0 Å². The normalized spacial score (nSPS) is 9.70. The molecule has 0 atom stereocenters. The van der Waals surface area contributed by atoms with E-state index in [1.54, 1.807) is 0 Å². The van der Waals surface area contributed by atoms with Gasteiger partial charge in [-0.1, -0.05) is 30.3 Å². The van der Waals surface area contributed by atoms with Gasteiger partial charge in [-0.05, 0) is 12.5 Å². The van der Waals surface area contributed by atoms with Crippen LogP contribution in [0.3, 0.4) is 0 Å². The van der Waals surface area contributed by atoms with Gasteiger partial charge < -0.3 is 4.74 Å². The molecule has 0 heterocycles. The molecule has 0 spiro atoms. The van der Waals surface area contributed by atoms with E-state index >= 15 is 0 Å². The van der Waals surface area contributed by atoms with Gasteiger partial charge >= 0.3 is 0 Å². The van der Waals surface area contributed by atoms with Gasteiger partial charge in [-0.25, -0.2) is 0 Å². The van der Waals surface area contributed by atoms with Gasteiger partial charge in [-0.2, -0.15) is 0 Å². The first-order chi connectivity index (χ1) is 4.93. The smallest absolute Gasteiger partial charge is 0.166 e. The Morgan fingerprint density at radius 3 is 2.60 bits per heavy atom. The average molecular weight is 134 g/mol. The lowest BCUT2D eigenvalue weighted by Gasteiger charge is -1.96. The fourth-order valence-corrected chi connectivity index (χ4v) is 0.662. The Bertz CT molecular complexity index is 169. The SMILES string of the molecule is CCO[C]c1ccccc1. The van der Waals surface area contributed by atoms with Crippen molar-refractivity contribution in [2.75, 3.05) is 6.61 Å². The van der Waals surface area contributed by atoms with E-state index in [1.165, 1.54) is 0 Å². The predicted octanol–water partition coefficient (Wildman–Crippen LogP) is 2.11. The summed E-state index contributed by atoms with van der Waals surface area (Å²) in [6.07, 6.45) is 0. The summed E-state index contributed by atoms with van der Waals surface area (Å²) in [7, 11) is 0. The zero-order valence-electron chi connectivity index (χ0n) is 6.00. The van der Waals surface area contributed by atoms with Gasteiger partial charge in [0.15, 0.2) is 6.61 Å². The Labute approximate surface area is 61.6 Å². The predicted molar refractivity (Wildman–Crippen MR) is 40.4 cm³/mol. The maximum absolute atomic E-state index is 4.97. The van der Waals surface area contributed by atoms with E-state index in [4.69, 9.17) is 4.74 Å². The molecule has 1 aromatic carbocycles. The minimum atomic E-state index is 0.675. The van der Waals surface area contributed by atoms with Crippen LogP contribution in [-0.2, 0) is 4.74 Å². The molecule has 0 saturated heterocycles. The van der Waals surface area contributed by atoms with Crippen LogP contribution >= 0.6 is 0 Å². The van der Waals surface area contributed by atoms with Crippen molar-refractivity contribution in [3.05, 3.63) is 42.5 Å². The highest BCUT2D eigenvalue weighted by molar-refractivity contribution is 5.19. The Morgan fingerprint density at radius 1 is 1.30 bits per heavy atom. The van der Waals surface area contributed by atoms with Gasteiger partial charge in [0, 0.05) is 6.61 Å². The van der Waals surface area contributed by atoms with Crippen molar-refractivity contribution in [2.24, 2.45) is 0 Å². The Hall–Kier alpha value is -0.820. The molecule has 1 rings (SSSR count). The second kappa shape index (κ2) is 4.07.